The number of hydrogen-bond acceptors (Lipinski definition) is 5. The van der Waals surface area contributed by atoms with Crippen molar-refractivity contribution in [3.8, 4) is 0 Å². The minimum absolute atomic E-state index is 0.137. The normalized spacial score (nSPS) is 37.3. The van der Waals surface area contributed by atoms with Crippen LogP contribution in [0, 0.1) is 0 Å². The van der Waals surface area contributed by atoms with Gasteiger partial charge in [0.05, 0.1) is 33.0 Å². The minimum Gasteiger partial charge on any atom is -0.463 e. The van der Waals surface area contributed by atoms with Crippen molar-refractivity contribution in [3.05, 3.63) is 11.1 Å². The highest BCUT2D eigenvalue weighted by Crippen LogP contribution is 2.62. The molecule has 1 aliphatic heterocycles. The molecule has 7 heteroatoms. The van der Waals surface area contributed by atoms with Crippen molar-refractivity contribution in [3.63, 3.8) is 0 Å². The molecular formula is C18H24Br2O5. The fourth-order valence-electron chi connectivity index (χ4n) is 4.11. The quantitative estimate of drug-likeness (QED) is 0.348. The molecule has 140 valence electrons. The van der Waals surface area contributed by atoms with Crippen molar-refractivity contribution in [1.29, 1.82) is 0 Å². The van der Waals surface area contributed by atoms with Crippen LogP contribution in [0.2, 0.25) is 0 Å². The first-order chi connectivity index (χ1) is 11.9. The van der Waals surface area contributed by atoms with E-state index in [0.29, 0.717) is 11.1 Å². The Hall–Kier alpha value is -0.400. The molecule has 1 heterocycles. The van der Waals surface area contributed by atoms with Crippen molar-refractivity contribution < 1.29 is 23.8 Å². The van der Waals surface area contributed by atoms with Gasteiger partial charge in [-0.2, -0.15) is 0 Å². The molecule has 4 unspecified atom stereocenters. The first-order valence-corrected chi connectivity index (χ1v) is 10.6. The average molecular weight is 480 g/mol. The number of halogens is 2. The molecule has 2 aliphatic carbocycles. The fourth-order valence-corrected chi connectivity index (χ4v) is 6.09. The standard InChI is InChI=1S/C18H24Br2O5/c1-3-23-15(21)11-12(16(22)24-4-2)18(20)10-8-6-5-7-9-17(11,19)13-14(18)25-13/h13-14H,3-10H2,1-2H3. The van der Waals surface area contributed by atoms with Crippen LogP contribution in [0.5, 0.6) is 0 Å². The number of carbonyl (C=O) groups is 2. The average Bonchev–Trinajstić information content (AvgIpc) is 3.37. The van der Waals surface area contributed by atoms with Gasteiger partial charge >= 0.3 is 11.9 Å². The number of esters is 2. The third kappa shape index (κ3) is 3.21. The molecule has 0 radical (unpaired) electrons. The Bertz CT molecular complexity index is 554. The van der Waals surface area contributed by atoms with E-state index in [1.807, 2.05) is 0 Å². The Labute approximate surface area is 165 Å². The number of alkyl halides is 2. The zero-order valence-corrected chi connectivity index (χ0v) is 17.8. The smallest absolute Gasteiger partial charge is 0.336 e. The lowest BCUT2D eigenvalue weighted by atomic mass is 9.71. The van der Waals surface area contributed by atoms with Gasteiger partial charge in [-0.3, -0.25) is 0 Å². The summed E-state index contributed by atoms with van der Waals surface area (Å²) in [6.45, 7) is 4.04. The van der Waals surface area contributed by atoms with Gasteiger partial charge in [0.1, 0.15) is 12.2 Å². The lowest BCUT2D eigenvalue weighted by molar-refractivity contribution is -0.142. The molecule has 3 rings (SSSR count). The number of ether oxygens (including phenoxy) is 3. The predicted molar refractivity (Wildman–Crippen MR) is 100.0 cm³/mol. The van der Waals surface area contributed by atoms with Gasteiger partial charge in [0.15, 0.2) is 0 Å². The highest BCUT2D eigenvalue weighted by Gasteiger charge is 2.70. The maximum absolute atomic E-state index is 12.9. The molecule has 25 heavy (non-hydrogen) atoms. The summed E-state index contributed by atoms with van der Waals surface area (Å²) < 4.78 is 15.3. The molecule has 0 aromatic rings. The molecule has 0 aromatic heterocycles. The third-order valence-electron chi connectivity index (χ3n) is 5.27. The van der Waals surface area contributed by atoms with E-state index in [1.54, 1.807) is 13.8 Å². The second-order valence-corrected chi connectivity index (χ2v) is 9.64. The van der Waals surface area contributed by atoms with Gasteiger partial charge < -0.3 is 14.2 Å². The van der Waals surface area contributed by atoms with Crippen LogP contribution < -0.4 is 0 Å². The van der Waals surface area contributed by atoms with E-state index in [9.17, 15) is 9.59 Å². The molecular weight excluding hydrogens is 456 g/mol. The zero-order valence-electron chi connectivity index (χ0n) is 14.6. The first kappa shape index (κ1) is 19.4. The molecule has 1 fully saturated rings. The maximum atomic E-state index is 12.9. The van der Waals surface area contributed by atoms with Crippen LogP contribution in [-0.2, 0) is 23.8 Å². The Morgan fingerprint density at radius 2 is 1.32 bits per heavy atom. The highest BCUT2D eigenvalue weighted by molar-refractivity contribution is 9.10. The summed E-state index contributed by atoms with van der Waals surface area (Å²) in [4.78, 5) is 25.8. The Balaban J connectivity index is 2.20. The summed E-state index contributed by atoms with van der Waals surface area (Å²) in [6, 6.07) is 0. The number of carbonyl (C=O) groups excluding carboxylic acids is 2. The summed E-state index contributed by atoms with van der Waals surface area (Å²) in [5, 5.41) is 0. The van der Waals surface area contributed by atoms with Crippen LogP contribution >= 0.6 is 31.9 Å². The van der Waals surface area contributed by atoms with Gasteiger partial charge in [0.2, 0.25) is 0 Å². The lowest BCUT2D eigenvalue weighted by Gasteiger charge is -2.40. The van der Waals surface area contributed by atoms with E-state index in [2.05, 4.69) is 31.9 Å². The predicted octanol–water partition coefficient (Wildman–Crippen LogP) is 3.81. The largest absolute Gasteiger partial charge is 0.463 e. The Morgan fingerprint density at radius 3 is 1.68 bits per heavy atom. The molecule has 0 N–H and O–H groups in total. The second-order valence-electron chi connectivity index (χ2n) is 6.81. The first-order valence-electron chi connectivity index (χ1n) is 9.03. The molecule has 0 spiro atoms. The summed E-state index contributed by atoms with van der Waals surface area (Å²) in [6.07, 6.45) is 5.31. The van der Waals surface area contributed by atoms with Crippen LogP contribution in [0.25, 0.3) is 0 Å². The Kier molecular flexibility index (Phi) is 5.66. The molecule has 1 saturated heterocycles. The molecule has 5 nitrogen and oxygen atoms in total. The van der Waals surface area contributed by atoms with Gasteiger partial charge in [-0.25, -0.2) is 9.59 Å². The van der Waals surface area contributed by atoms with Crippen LogP contribution in [0.1, 0.15) is 52.4 Å². The van der Waals surface area contributed by atoms with E-state index in [4.69, 9.17) is 14.2 Å². The van der Waals surface area contributed by atoms with Crippen molar-refractivity contribution in [2.45, 2.75) is 73.2 Å². The summed E-state index contributed by atoms with van der Waals surface area (Å²) in [5.74, 6) is -0.915. The van der Waals surface area contributed by atoms with Crippen molar-refractivity contribution in [1.82, 2.24) is 0 Å². The van der Waals surface area contributed by atoms with Crippen molar-refractivity contribution in [2.24, 2.45) is 0 Å². The molecule has 0 aromatic carbocycles. The topological polar surface area (TPSA) is 65.1 Å². The van der Waals surface area contributed by atoms with Gasteiger partial charge in [-0.1, -0.05) is 57.5 Å². The fraction of sp³-hybridized carbons (Fsp3) is 0.778. The van der Waals surface area contributed by atoms with E-state index >= 15 is 0 Å². The van der Waals surface area contributed by atoms with E-state index in [0.717, 1.165) is 38.5 Å². The van der Waals surface area contributed by atoms with Gasteiger partial charge in [0, 0.05) is 0 Å². The zero-order chi connectivity index (χ0) is 18.2. The highest BCUT2D eigenvalue weighted by atomic mass is 79.9. The number of hydrogen-bond donors (Lipinski definition) is 0. The molecule has 3 aliphatic rings. The van der Waals surface area contributed by atoms with Crippen LogP contribution in [0.3, 0.4) is 0 Å². The van der Waals surface area contributed by atoms with Gasteiger partial charge in [0.25, 0.3) is 0 Å². The minimum atomic E-state index is -0.694. The molecule has 0 amide bonds. The lowest BCUT2D eigenvalue weighted by Crippen LogP contribution is -2.51. The monoisotopic (exact) mass is 478 g/mol. The van der Waals surface area contributed by atoms with Crippen molar-refractivity contribution >= 4 is 43.8 Å². The number of fused-ring (bicyclic) bond motifs is 5. The third-order valence-corrected chi connectivity index (χ3v) is 7.75. The van der Waals surface area contributed by atoms with Crippen LogP contribution in [-0.4, -0.2) is 46.0 Å². The SMILES string of the molecule is CCOC(=O)C1=C(C(=O)OCC)C2(Br)CCCCCCC1(Br)C1OC12. The summed E-state index contributed by atoms with van der Waals surface area (Å²) in [5.41, 5.74) is 0.760. The number of epoxide rings is 1. The second kappa shape index (κ2) is 7.31. The van der Waals surface area contributed by atoms with Crippen molar-refractivity contribution in [2.75, 3.05) is 13.2 Å². The molecule has 2 bridgehead atoms. The maximum Gasteiger partial charge on any atom is 0.336 e. The summed E-state index contributed by atoms with van der Waals surface area (Å²) in [7, 11) is 0. The number of rotatable bonds is 4. The van der Waals surface area contributed by atoms with Gasteiger partial charge in [-0.15, -0.1) is 0 Å². The molecule has 0 saturated carbocycles. The van der Waals surface area contributed by atoms with E-state index in [1.165, 1.54) is 0 Å². The summed E-state index contributed by atoms with van der Waals surface area (Å²) >= 11 is 7.59. The van der Waals surface area contributed by atoms with Gasteiger partial charge in [-0.05, 0) is 26.7 Å². The van der Waals surface area contributed by atoms with Crippen LogP contribution in [0.15, 0.2) is 11.1 Å². The van der Waals surface area contributed by atoms with Crippen LogP contribution in [0.4, 0.5) is 0 Å². The van der Waals surface area contributed by atoms with E-state index in [-0.39, 0.29) is 25.4 Å². The molecule has 4 atom stereocenters. The Morgan fingerprint density at radius 1 is 0.920 bits per heavy atom. The van der Waals surface area contributed by atoms with E-state index < -0.39 is 20.6 Å².